The van der Waals surface area contributed by atoms with Crippen LogP contribution >= 0.6 is 0 Å². The van der Waals surface area contributed by atoms with Crippen molar-refractivity contribution >= 4 is 17.6 Å². The minimum Gasteiger partial charge on any atom is -0.493 e. The number of carbonyl (C=O) groups excluding carboxylic acids is 2. The third-order valence-electron chi connectivity index (χ3n) is 8.98. The molecule has 6 rings (SSSR count). The van der Waals surface area contributed by atoms with Crippen molar-refractivity contribution in [2.75, 3.05) is 31.1 Å². The Bertz CT molecular complexity index is 1190. The highest BCUT2D eigenvalue weighted by atomic mass is 16.5. The number of nitrogens with zero attached hydrogens (tertiary/aromatic N) is 3. The number of likely N-dealkylation sites (tertiary alicyclic amines) is 1. The van der Waals surface area contributed by atoms with Crippen LogP contribution in [0.15, 0.2) is 30.5 Å². The van der Waals surface area contributed by atoms with Crippen LogP contribution in [0.5, 0.6) is 5.75 Å². The third kappa shape index (κ3) is 4.86. The van der Waals surface area contributed by atoms with Crippen molar-refractivity contribution in [2.45, 2.75) is 83.0 Å². The summed E-state index contributed by atoms with van der Waals surface area (Å²) in [6.45, 7) is 7.90. The fraction of sp³-hybridized carbons (Fsp3) is 0.567. The molecule has 2 amide bonds. The lowest BCUT2D eigenvalue weighted by molar-refractivity contribution is 0.0903. The van der Waals surface area contributed by atoms with Crippen LogP contribution in [0.1, 0.15) is 77.3 Å². The maximum absolute atomic E-state index is 13.2. The van der Waals surface area contributed by atoms with E-state index in [1.807, 2.05) is 31.2 Å². The number of ether oxygens (including phenoxy) is 1. The molecule has 5 heterocycles. The van der Waals surface area contributed by atoms with Crippen LogP contribution in [0.4, 0.5) is 5.82 Å². The van der Waals surface area contributed by atoms with Gasteiger partial charge in [0.2, 0.25) is 0 Å². The minimum atomic E-state index is -0.0383. The van der Waals surface area contributed by atoms with Gasteiger partial charge in [0.05, 0.1) is 12.2 Å². The van der Waals surface area contributed by atoms with E-state index >= 15 is 0 Å². The van der Waals surface area contributed by atoms with Crippen molar-refractivity contribution < 1.29 is 14.3 Å². The van der Waals surface area contributed by atoms with Crippen LogP contribution < -0.4 is 20.3 Å². The Labute approximate surface area is 225 Å². The maximum atomic E-state index is 13.2. The number of nitrogens with one attached hydrogen (secondary N) is 2. The zero-order valence-corrected chi connectivity index (χ0v) is 22.5. The number of amides is 2. The van der Waals surface area contributed by atoms with Gasteiger partial charge in [-0.2, -0.15) is 0 Å². The first-order valence-corrected chi connectivity index (χ1v) is 14.3. The molecule has 3 saturated heterocycles. The Morgan fingerprint density at radius 1 is 1.03 bits per heavy atom. The average Bonchev–Trinajstić information content (AvgIpc) is 3.52. The third-order valence-corrected chi connectivity index (χ3v) is 8.98. The zero-order chi connectivity index (χ0) is 26.2. The molecule has 4 aliphatic heterocycles. The number of rotatable bonds is 6. The van der Waals surface area contributed by atoms with Crippen molar-refractivity contribution in [3.63, 3.8) is 0 Å². The molecule has 1 aromatic heterocycles. The molecule has 4 atom stereocenters. The standard InChI is InChI=1S/C30H39N5O3/c1-3-34-13-4-5-22(18-34)32-29(36)21-7-11-27(31-17-21)35-24-8-9-25(35)16-23(15-24)33-30(37)26-10-6-20-12-14-38-28(20)19(26)2/h6-7,10-11,17,22-25H,3-5,8-9,12-16,18H2,1-2H3,(H,32,36)(H,33,37)/t22-,23-,24+,25-/m1/s1. The summed E-state index contributed by atoms with van der Waals surface area (Å²) in [4.78, 5) is 35.5. The zero-order valence-electron chi connectivity index (χ0n) is 22.5. The van der Waals surface area contributed by atoms with E-state index in [4.69, 9.17) is 9.72 Å². The van der Waals surface area contributed by atoms with Crippen molar-refractivity contribution in [3.8, 4) is 5.75 Å². The van der Waals surface area contributed by atoms with Gasteiger partial charge in [0.25, 0.3) is 11.8 Å². The first-order valence-electron chi connectivity index (χ1n) is 14.3. The second kappa shape index (κ2) is 10.6. The summed E-state index contributed by atoms with van der Waals surface area (Å²) < 4.78 is 5.77. The number of hydrogen-bond donors (Lipinski definition) is 2. The van der Waals surface area contributed by atoms with E-state index in [1.54, 1.807) is 6.20 Å². The summed E-state index contributed by atoms with van der Waals surface area (Å²) in [5, 5.41) is 6.51. The second-order valence-corrected chi connectivity index (χ2v) is 11.4. The van der Waals surface area contributed by atoms with E-state index in [-0.39, 0.29) is 23.9 Å². The predicted octanol–water partition coefficient (Wildman–Crippen LogP) is 3.47. The molecule has 2 bridgehead atoms. The number of benzene rings is 1. The van der Waals surface area contributed by atoms with Gasteiger partial charge in [-0.15, -0.1) is 0 Å². The second-order valence-electron chi connectivity index (χ2n) is 11.4. The normalized spacial score (nSPS) is 26.5. The fourth-order valence-corrected chi connectivity index (χ4v) is 6.99. The van der Waals surface area contributed by atoms with Gasteiger partial charge in [-0.05, 0) is 82.3 Å². The van der Waals surface area contributed by atoms with E-state index in [9.17, 15) is 9.59 Å². The molecule has 0 radical (unpaired) electrons. The van der Waals surface area contributed by atoms with E-state index in [0.717, 1.165) is 81.7 Å². The van der Waals surface area contributed by atoms with Crippen LogP contribution in [-0.4, -0.2) is 72.1 Å². The topological polar surface area (TPSA) is 86.8 Å². The first-order chi connectivity index (χ1) is 18.5. The molecule has 0 saturated carbocycles. The SMILES string of the molecule is CCN1CCC[C@@H](NC(=O)c2ccc(N3[C@@H]4CC[C@H]3C[C@@H](NC(=O)c3ccc5c(c3C)OCC5)C4)nc2)C1. The number of piperidine rings is 2. The van der Waals surface area contributed by atoms with E-state index < -0.39 is 0 Å². The number of anilines is 1. The summed E-state index contributed by atoms with van der Waals surface area (Å²) in [6, 6.07) is 8.91. The Morgan fingerprint density at radius 3 is 2.55 bits per heavy atom. The van der Waals surface area contributed by atoms with E-state index in [2.05, 4.69) is 27.4 Å². The van der Waals surface area contributed by atoms with Crippen molar-refractivity contribution in [2.24, 2.45) is 0 Å². The maximum Gasteiger partial charge on any atom is 0.253 e. The molecule has 3 fully saturated rings. The largest absolute Gasteiger partial charge is 0.493 e. The lowest BCUT2D eigenvalue weighted by Crippen LogP contribution is -2.51. The molecule has 202 valence electrons. The summed E-state index contributed by atoms with van der Waals surface area (Å²) >= 11 is 0. The van der Waals surface area contributed by atoms with Crippen LogP contribution in [0, 0.1) is 6.92 Å². The first kappa shape index (κ1) is 25.2. The number of likely N-dealkylation sites (N-methyl/N-ethyl adjacent to an activating group) is 1. The lowest BCUT2D eigenvalue weighted by Gasteiger charge is -2.40. The molecule has 0 spiro atoms. The fourth-order valence-electron chi connectivity index (χ4n) is 6.99. The predicted molar refractivity (Wildman–Crippen MR) is 147 cm³/mol. The van der Waals surface area contributed by atoms with Crippen molar-refractivity contribution in [1.82, 2.24) is 20.5 Å². The van der Waals surface area contributed by atoms with Crippen molar-refractivity contribution in [1.29, 1.82) is 0 Å². The molecule has 38 heavy (non-hydrogen) atoms. The molecule has 8 nitrogen and oxygen atoms in total. The van der Waals surface area contributed by atoms with Gasteiger partial charge < -0.3 is 25.2 Å². The lowest BCUT2D eigenvalue weighted by atomic mass is 9.96. The molecule has 0 unspecified atom stereocenters. The molecule has 8 heteroatoms. The van der Waals surface area contributed by atoms with E-state index in [0.29, 0.717) is 29.8 Å². The smallest absolute Gasteiger partial charge is 0.253 e. The Morgan fingerprint density at radius 2 is 1.82 bits per heavy atom. The van der Waals surface area contributed by atoms with Crippen molar-refractivity contribution in [3.05, 3.63) is 52.7 Å². The quantitative estimate of drug-likeness (QED) is 0.610. The number of carbonyl (C=O) groups is 2. The van der Waals surface area contributed by atoms with Gasteiger partial charge in [0.1, 0.15) is 11.6 Å². The Hall–Kier alpha value is -3.13. The highest BCUT2D eigenvalue weighted by Crippen LogP contribution is 2.39. The summed E-state index contributed by atoms with van der Waals surface area (Å²) in [7, 11) is 0. The molecular formula is C30H39N5O3. The molecular weight excluding hydrogens is 478 g/mol. The molecule has 2 aromatic rings. The van der Waals surface area contributed by atoms with Crippen LogP contribution in [0.25, 0.3) is 0 Å². The Balaban J connectivity index is 1.07. The number of pyridine rings is 1. The van der Waals surface area contributed by atoms with Crippen LogP contribution in [-0.2, 0) is 6.42 Å². The number of hydrogen-bond acceptors (Lipinski definition) is 6. The monoisotopic (exact) mass is 517 g/mol. The average molecular weight is 518 g/mol. The minimum absolute atomic E-state index is 0.00726. The Kier molecular flexibility index (Phi) is 6.99. The number of aromatic nitrogens is 1. The molecule has 4 aliphatic rings. The summed E-state index contributed by atoms with van der Waals surface area (Å²) in [6.07, 6.45) is 8.79. The molecule has 2 N–H and O–H groups in total. The van der Waals surface area contributed by atoms with Crippen LogP contribution in [0.2, 0.25) is 0 Å². The van der Waals surface area contributed by atoms with Gasteiger partial charge in [-0.3, -0.25) is 9.59 Å². The van der Waals surface area contributed by atoms with Gasteiger partial charge in [-0.25, -0.2) is 4.98 Å². The summed E-state index contributed by atoms with van der Waals surface area (Å²) in [5.41, 5.74) is 3.47. The van der Waals surface area contributed by atoms with Gasteiger partial charge in [0.15, 0.2) is 0 Å². The highest BCUT2D eigenvalue weighted by molar-refractivity contribution is 5.97. The molecule has 0 aliphatic carbocycles. The van der Waals surface area contributed by atoms with Gasteiger partial charge in [0, 0.05) is 54.5 Å². The highest BCUT2D eigenvalue weighted by Gasteiger charge is 2.42. The molecule has 1 aromatic carbocycles. The number of fused-ring (bicyclic) bond motifs is 3. The summed E-state index contributed by atoms with van der Waals surface area (Å²) in [5.74, 6) is 1.77. The van der Waals surface area contributed by atoms with E-state index in [1.165, 1.54) is 5.56 Å². The van der Waals surface area contributed by atoms with Crippen LogP contribution in [0.3, 0.4) is 0 Å². The van der Waals surface area contributed by atoms with Gasteiger partial charge >= 0.3 is 0 Å². The van der Waals surface area contributed by atoms with Gasteiger partial charge in [-0.1, -0.05) is 13.0 Å².